The lowest BCUT2D eigenvalue weighted by atomic mass is 9.95. The van der Waals surface area contributed by atoms with Crippen LogP contribution >= 0.6 is 0 Å². The smallest absolute Gasteiger partial charge is 0.410 e. The molecule has 1 amide bonds. The van der Waals surface area contributed by atoms with Crippen LogP contribution in [-0.4, -0.2) is 28.1 Å². The first-order valence-electron chi connectivity index (χ1n) is 8.42. The topological polar surface area (TPSA) is 64.8 Å². The number of hydrogen-bond donors (Lipinski definition) is 0. The zero-order valence-corrected chi connectivity index (χ0v) is 15.2. The highest BCUT2D eigenvalue weighted by molar-refractivity contribution is 5.69. The maximum Gasteiger partial charge on any atom is 0.410 e. The number of oxazole rings is 1. The van der Waals surface area contributed by atoms with Gasteiger partial charge in [0.15, 0.2) is 12.2 Å². The van der Waals surface area contributed by atoms with Crippen LogP contribution in [0, 0.1) is 6.92 Å². The molecule has 134 valence electrons. The van der Waals surface area contributed by atoms with Crippen molar-refractivity contribution in [2.24, 2.45) is 0 Å². The fraction of sp³-hybridized carbons (Fsp3) is 0.474. The molecule has 0 saturated heterocycles. The van der Waals surface area contributed by atoms with Gasteiger partial charge < -0.3 is 18.8 Å². The second-order valence-corrected chi connectivity index (χ2v) is 7.29. The maximum atomic E-state index is 12.3. The molecule has 0 unspecified atom stereocenters. The second-order valence-electron chi connectivity index (χ2n) is 7.29. The molecule has 3 rings (SSSR count). The van der Waals surface area contributed by atoms with E-state index in [4.69, 9.17) is 13.9 Å². The quantitative estimate of drug-likeness (QED) is 0.846. The summed E-state index contributed by atoms with van der Waals surface area (Å²) < 4.78 is 16.5. The highest BCUT2D eigenvalue weighted by Gasteiger charge is 2.26. The first kappa shape index (κ1) is 17.3. The molecule has 6 nitrogen and oxygen atoms in total. The van der Waals surface area contributed by atoms with Crippen molar-refractivity contribution >= 4 is 6.09 Å². The van der Waals surface area contributed by atoms with Gasteiger partial charge in [-0.25, -0.2) is 9.78 Å². The second kappa shape index (κ2) is 6.78. The van der Waals surface area contributed by atoms with Crippen molar-refractivity contribution in [2.75, 3.05) is 6.54 Å². The highest BCUT2D eigenvalue weighted by Crippen LogP contribution is 2.28. The Kier molecular flexibility index (Phi) is 4.70. The average molecular weight is 344 g/mol. The van der Waals surface area contributed by atoms with E-state index in [2.05, 4.69) is 4.98 Å². The molecule has 0 bridgehead atoms. The number of aryl methyl sites for hydroxylation is 1. The molecule has 0 aliphatic carbocycles. The fourth-order valence-corrected chi connectivity index (χ4v) is 2.86. The van der Waals surface area contributed by atoms with Crippen LogP contribution in [0.25, 0.3) is 0 Å². The van der Waals surface area contributed by atoms with Gasteiger partial charge in [0.25, 0.3) is 0 Å². The van der Waals surface area contributed by atoms with Gasteiger partial charge in [0.1, 0.15) is 18.0 Å². The Bertz CT molecular complexity index is 748. The van der Waals surface area contributed by atoms with Crippen molar-refractivity contribution in [3.8, 4) is 5.75 Å². The minimum atomic E-state index is -0.481. The van der Waals surface area contributed by atoms with Crippen molar-refractivity contribution in [2.45, 2.75) is 52.9 Å². The Balaban J connectivity index is 1.70. The van der Waals surface area contributed by atoms with Crippen molar-refractivity contribution in [1.29, 1.82) is 0 Å². The normalized spacial score (nSPS) is 14.2. The molecular weight excluding hydrogens is 320 g/mol. The van der Waals surface area contributed by atoms with Crippen LogP contribution < -0.4 is 4.74 Å². The van der Waals surface area contributed by atoms with Crippen molar-refractivity contribution in [3.05, 3.63) is 47.2 Å². The third-order valence-corrected chi connectivity index (χ3v) is 4.06. The maximum absolute atomic E-state index is 12.3. The van der Waals surface area contributed by atoms with E-state index in [0.29, 0.717) is 25.5 Å². The summed E-state index contributed by atoms with van der Waals surface area (Å²) in [7, 11) is 0. The molecule has 0 N–H and O–H groups in total. The number of benzene rings is 1. The Hall–Kier alpha value is -2.50. The van der Waals surface area contributed by atoms with Crippen LogP contribution in [-0.2, 0) is 24.3 Å². The summed E-state index contributed by atoms with van der Waals surface area (Å²) in [5, 5.41) is 0. The molecule has 0 radical (unpaired) electrons. The van der Waals surface area contributed by atoms with Gasteiger partial charge in [-0.1, -0.05) is 0 Å². The number of rotatable bonds is 3. The molecule has 1 aliphatic heterocycles. The summed E-state index contributed by atoms with van der Waals surface area (Å²) in [6.07, 6.45) is 3.56. The molecular formula is C19H24N2O4. The van der Waals surface area contributed by atoms with E-state index in [1.165, 1.54) is 17.5 Å². The van der Waals surface area contributed by atoms with Gasteiger partial charge in [-0.3, -0.25) is 0 Å². The van der Waals surface area contributed by atoms with E-state index >= 15 is 0 Å². The van der Waals surface area contributed by atoms with Crippen LogP contribution in [0.1, 0.15) is 43.2 Å². The van der Waals surface area contributed by atoms with Crippen LogP contribution in [0.5, 0.6) is 5.75 Å². The van der Waals surface area contributed by atoms with Crippen molar-refractivity contribution < 1.29 is 18.7 Å². The SMILES string of the molecule is Cc1cc(OCc2cnco2)cc2c1CN(C(=O)OC(C)(C)C)CC2. The third kappa shape index (κ3) is 4.32. The highest BCUT2D eigenvalue weighted by atomic mass is 16.6. The van der Waals surface area contributed by atoms with Gasteiger partial charge >= 0.3 is 6.09 Å². The number of carbonyl (C=O) groups excluding carboxylic acids is 1. The number of fused-ring (bicyclic) bond motifs is 1. The number of aromatic nitrogens is 1. The third-order valence-electron chi connectivity index (χ3n) is 4.06. The lowest BCUT2D eigenvalue weighted by Crippen LogP contribution is -2.40. The molecule has 0 fully saturated rings. The van der Waals surface area contributed by atoms with E-state index in [1.54, 1.807) is 11.1 Å². The van der Waals surface area contributed by atoms with Crippen LogP contribution in [0.3, 0.4) is 0 Å². The first-order chi connectivity index (χ1) is 11.8. The van der Waals surface area contributed by atoms with Gasteiger partial charge in [0.2, 0.25) is 0 Å². The molecule has 1 aliphatic rings. The van der Waals surface area contributed by atoms with E-state index in [0.717, 1.165) is 17.7 Å². The number of ether oxygens (including phenoxy) is 2. The molecule has 2 aromatic rings. The summed E-state index contributed by atoms with van der Waals surface area (Å²) in [5.41, 5.74) is 3.01. The molecule has 2 heterocycles. The molecule has 6 heteroatoms. The van der Waals surface area contributed by atoms with Crippen LogP contribution in [0.4, 0.5) is 4.79 Å². The monoisotopic (exact) mass is 344 g/mol. The summed E-state index contributed by atoms with van der Waals surface area (Å²) in [6.45, 7) is 9.25. The van der Waals surface area contributed by atoms with E-state index in [1.807, 2.05) is 39.8 Å². The Morgan fingerprint density at radius 3 is 2.84 bits per heavy atom. The first-order valence-corrected chi connectivity index (χ1v) is 8.42. The van der Waals surface area contributed by atoms with Crippen molar-refractivity contribution in [3.63, 3.8) is 0 Å². The van der Waals surface area contributed by atoms with Gasteiger partial charge in [0, 0.05) is 13.1 Å². The lowest BCUT2D eigenvalue weighted by Gasteiger charge is -2.32. The predicted molar refractivity (Wildman–Crippen MR) is 92.4 cm³/mol. The molecule has 0 saturated carbocycles. The van der Waals surface area contributed by atoms with E-state index < -0.39 is 5.60 Å². The molecule has 1 aromatic heterocycles. The minimum absolute atomic E-state index is 0.261. The molecule has 0 atom stereocenters. The Morgan fingerprint density at radius 2 is 2.16 bits per heavy atom. The van der Waals surface area contributed by atoms with Gasteiger partial charge in [-0.2, -0.15) is 0 Å². The largest absolute Gasteiger partial charge is 0.486 e. The van der Waals surface area contributed by atoms with Gasteiger partial charge in [-0.15, -0.1) is 0 Å². The predicted octanol–water partition coefficient (Wildman–Crippen LogP) is 3.86. The van der Waals surface area contributed by atoms with Gasteiger partial charge in [-0.05, 0) is 62.9 Å². The zero-order chi connectivity index (χ0) is 18.0. The summed E-state index contributed by atoms with van der Waals surface area (Å²) in [4.78, 5) is 17.9. The minimum Gasteiger partial charge on any atom is -0.486 e. The standard InChI is InChI=1S/C19H24N2O4/c1-13-7-15(23-11-16-9-20-12-24-16)8-14-5-6-21(10-17(13)14)18(22)25-19(2,3)4/h7-9,12H,5-6,10-11H2,1-4H3. The number of hydrogen-bond acceptors (Lipinski definition) is 5. The average Bonchev–Trinajstić information content (AvgIpc) is 3.04. The Morgan fingerprint density at radius 1 is 1.36 bits per heavy atom. The summed E-state index contributed by atoms with van der Waals surface area (Å²) in [6, 6.07) is 4.04. The number of carbonyl (C=O) groups is 1. The fourth-order valence-electron chi connectivity index (χ4n) is 2.86. The Labute approximate surface area is 147 Å². The lowest BCUT2D eigenvalue weighted by molar-refractivity contribution is 0.0223. The zero-order valence-electron chi connectivity index (χ0n) is 15.2. The van der Waals surface area contributed by atoms with E-state index in [-0.39, 0.29) is 6.09 Å². The summed E-state index contributed by atoms with van der Waals surface area (Å²) >= 11 is 0. The van der Waals surface area contributed by atoms with E-state index in [9.17, 15) is 4.79 Å². The van der Waals surface area contributed by atoms with Gasteiger partial charge in [0.05, 0.1) is 6.20 Å². The van der Waals surface area contributed by atoms with Crippen LogP contribution in [0.2, 0.25) is 0 Å². The van der Waals surface area contributed by atoms with Crippen molar-refractivity contribution in [1.82, 2.24) is 9.88 Å². The van der Waals surface area contributed by atoms with Crippen LogP contribution in [0.15, 0.2) is 29.1 Å². The molecule has 1 aromatic carbocycles. The molecule has 0 spiro atoms. The number of amides is 1. The molecule has 25 heavy (non-hydrogen) atoms. The number of nitrogens with zero attached hydrogens (tertiary/aromatic N) is 2. The summed E-state index contributed by atoms with van der Waals surface area (Å²) in [5.74, 6) is 1.49.